The van der Waals surface area contributed by atoms with Crippen LogP contribution in [0, 0.1) is 5.82 Å². The van der Waals surface area contributed by atoms with Gasteiger partial charge in [0.1, 0.15) is 16.8 Å². The average Bonchev–Trinajstić information content (AvgIpc) is 2.76. The van der Waals surface area contributed by atoms with Crippen LogP contribution in [0.3, 0.4) is 0 Å². The van der Waals surface area contributed by atoms with Gasteiger partial charge < -0.3 is 15.5 Å². The summed E-state index contributed by atoms with van der Waals surface area (Å²) in [5, 5.41) is 17.8. The molecule has 1 amide bonds. The number of nitrogens with one attached hydrogen (secondary N) is 1. The van der Waals surface area contributed by atoms with Gasteiger partial charge in [-0.3, -0.25) is 23.7 Å². The molecule has 16 heteroatoms. The van der Waals surface area contributed by atoms with Crippen LogP contribution in [0.15, 0.2) is 45.3 Å². The van der Waals surface area contributed by atoms with Gasteiger partial charge >= 0.3 is 17.8 Å². The smallest absolute Gasteiger partial charge is 0.431 e. The second kappa shape index (κ2) is 13.1. The van der Waals surface area contributed by atoms with Crippen molar-refractivity contribution in [3.63, 3.8) is 0 Å². The topological polar surface area (TPSA) is 148 Å². The lowest BCUT2D eigenvalue weighted by atomic mass is 10.3. The molecule has 1 aromatic heterocycles. The number of nitrogens with zero attached hydrogens (tertiary/aromatic N) is 2. The van der Waals surface area contributed by atoms with Crippen molar-refractivity contribution in [2.45, 2.75) is 29.7 Å². The highest BCUT2D eigenvalue weighted by molar-refractivity contribution is 8.00. The van der Waals surface area contributed by atoms with Crippen molar-refractivity contribution in [3.8, 4) is 5.69 Å². The minimum Gasteiger partial charge on any atom is -0.481 e. The van der Waals surface area contributed by atoms with Crippen LogP contribution in [0.25, 0.3) is 5.69 Å². The maximum absolute atomic E-state index is 14.6. The van der Waals surface area contributed by atoms with Gasteiger partial charge in [0.2, 0.25) is 5.91 Å². The summed E-state index contributed by atoms with van der Waals surface area (Å²) in [6.45, 7) is 4.30. The number of carbonyl (C=O) groups excluding carboxylic acids is 1. The summed E-state index contributed by atoms with van der Waals surface area (Å²) in [4.78, 5) is 56.5. The van der Waals surface area contributed by atoms with Crippen molar-refractivity contribution in [2.24, 2.45) is 7.05 Å². The summed E-state index contributed by atoms with van der Waals surface area (Å²) >= 11 is 6.63. The van der Waals surface area contributed by atoms with Crippen molar-refractivity contribution in [3.05, 3.63) is 68.2 Å². The molecule has 202 valence electrons. The summed E-state index contributed by atoms with van der Waals surface area (Å²) in [7, 11) is 0.766. The van der Waals surface area contributed by atoms with Crippen molar-refractivity contribution < 1.29 is 42.2 Å². The van der Waals surface area contributed by atoms with Gasteiger partial charge in [-0.1, -0.05) is 18.2 Å². The molecular weight excluding hydrogens is 550 g/mol. The molecule has 0 aliphatic heterocycles. The standard InChI is InChI=1S/C19H16ClF4N3O5S.C2H4O2/c1-3-15(28)25-5-4-12(17(30)31)33-13-7-11(10(21)6-9(13)20)27-16(29)8-14(19(22,23)24)26(2)18(27)32;1-2(3)4/h3,6-8,12H,1,4-5H2,2H3,(H,25,28)(H,30,31);1H3,(H,3,4). The van der Waals surface area contributed by atoms with Crippen LogP contribution < -0.4 is 16.6 Å². The van der Waals surface area contributed by atoms with Crippen molar-refractivity contribution >= 4 is 41.2 Å². The van der Waals surface area contributed by atoms with E-state index in [9.17, 15) is 41.8 Å². The molecule has 0 radical (unpaired) electrons. The van der Waals surface area contributed by atoms with Gasteiger partial charge in [-0.25, -0.2) is 13.8 Å². The minimum absolute atomic E-state index is 0.0423. The Bertz CT molecular complexity index is 1320. The van der Waals surface area contributed by atoms with Crippen LogP contribution in [0.2, 0.25) is 5.02 Å². The predicted molar refractivity (Wildman–Crippen MR) is 126 cm³/mol. The quantitative estimate of drug-likeness (QED) is 0.250. The number of hydrogen-bond donors (Lipinski definition) is 3. The fraction of sp³-hybridized carbons (Fsp3) is 0.286. The molecule has 0 saturated carbocycles. The number of aromatic nitrogens is 2. The number of thioether (sulfide) groups is 1. The number of alkyl halides is 3. The van der Waals surface area contributed by atoms with Gasteiger partial charge in [-0.05, 0) is 24.6 Å². The lowest BCUT2D eigenvalue weighted by molar-refractivity contribution is -0.144. The molecule has 2 rings (SSSR count). The Morgan fingerprint density at radius 2 is 1.78 bits per heavy atom. The predicted octanol–water partition coefficient (Wildman–Crippen LogP) is 2.68. The number of carbonyl (C=O) groups is 3. The Morgan fingerprint density at radius 1 is 1.22 bits per heavy atom. The molecule has 1 aromatic carbocycles. The van der Waals surface area contributed by atoms with Crippen LogP contribution in [0.1, 0.15) is 19.0 Å². The second-order valence-electron chi connectivity index (χ2n) is 7.02. The number of halogens is 5. The molecule has 0 aliphatic rings. The first-order chi connectivity index (χ1) is 17.0. The van der Waals surface area contributed by atoms with E-state index in [0.29, 0.717) is 17.8 Å². The van der Waals surface area contributed by atoms with Gasteiger partial charge in [0.25, 0.3) is 11.5 Å². The first-order valence-corrected chi connectivity index (χ1v) is 11.2. The van der Waals surface area contributed by atoms with E-state index < -0.39 is 57.7 Å². The normalized spacial score (nSPS) is 11.6. The molecule has 3 N–H and O–H groups in total. The Balaban J connectivity index is 0.00000159. The highest BCUT2D eigenvalue weighted by atomic mass is 35.5. The van der Waals surface area contributed by atoms with E-state index in [1.165, 1.54) is 0 Å². The lowest BCUT2D eigenvalue weighted by Gasteiger charge is -2.17. The van der Waals surface area contributed by atoms with Crippen molar-refractivity contribution in [1.29, 1.82) is 0 Å². The van der Waals surface area contributed by atoms with E-state index >= 15 is 0 Å². The molecule has 0 fully saturated rings. The minimum atomic E-state index is -5.00. The summed E-state index contributed by atoms with van der Waals surface area (Å²) in [6.07, 6.45) is -4.08. The van der Waals surface area contributed by atoms with E-state index in [-0.39, 0.29) is 38.1 Å². The van der Waals surface area contributed by atoms with Gasteiger partial charge in [0.05, 0.1) is 10.7 Å². The molecule has 0 saturated heterocycles. The molecule has 1 heterocycles. The Morgan fingerprint density at radius 3 is 2.27 bits per heavy atom. The van der Waals surface area contributed by atoms with Crippen LogP contribution in [0.4, 0.5) is 17.6 Å². The zero-order valence-electron chi connectivity index (χ0n) is 19.1. The fourth-order valence-electron chi connectivity index (χ4n) is 2.68. The van der Waals surface area contributed by atoms with Crippen LogP contribution in [-0.2, 0) is 27.6 Å². The summed E-state index contributed by atoms with van der Waals surface area (Å²) in [5.74, 6) is -3.84. The van der Waals surface area contributed by atoms with Crippen LogP contribution in [-0.4, -0.2) is 49.0 Å². The summed E-state index contributed by atoms with van der Waals surface area (Å²) in [5.41, 5.74) is -5.13. The average molecular weight is 570 g/mol. The van der Waals surface area contributed by atoms with Crippen LogP contribution >= 0.6 is 23.4 Å². The number of benzene rings is 1. The Hall–Kier alpha value is -3.59. The second-order valence-corrected chi connectivity index (χ2v) is 8.68. The maximum Gasteiger partial charge on any atom is 0.431 e. The van der Waals surface area contributed by atoms with E-state index in [2.05, 4.69) is 11.9 Å². The molecule has 1 unspecified atom stereocenters. The molecule has 0 aliphatic carbocycles. The summed E-state index contributed by atoms with van der Waals surface area (Å²) in [6, 6.07) is 1.75. The zero-order valence-corrected chi connectivity index (χ0v) is 20.7. The number of rotatable bonds is 8. The number of hydrogen-bond acceptors (Lipinski definition) is 6. The van der Waals surface area contributed by atoms with E-state index in [4.69, 9.17) is 21.5 Å². The number of amides is 1. The lowest BCUT2D eigenvalue weighted by Crippen LogP contribution is -2.41. The van der Waals surface area contributed by atoms with E-state index in [1.807, 2.05) is 0 Å². The highest BCUT2D eigenvalue weighted by Gasteiger charge is 2.35. The third kappa shape index (κ3) is 8.78. The highest BCUT2D eigenvalue weighted by Crippen LogP contribution is 2.34. The largest absolute Gasteiger partial charge is 0.481 e. The summed E-state index contributed by atoms with van der Waals surface area (Å²) < 4.78 is 54.0. The Labute approximate surface area is 215 Å². The Kier molecular flexibility index (Phi) is 11.1. The SMILES string of the molecule is C=CC(=O)NCCC(Sc1cc(-n2c(=O)cc(C(F)(F)F)n(C)c2=O)c(F)cc1Cl)C(=O)O.CC(=O)O. The molecule has 1 atom stereocenters. The van der Waals surface area contributed by atoms with Gasteiger partial charge in [0, 0.05) is 31.5 Å². The van der Waals surface area contributed by atoms with Gasteiger partial charge in [-0.15, -0.1) is 11.8 Å². The fourth-order valence-corrected chi connectivity index (χ4v) is 3.96. The monoisotopic (exact) mass is 569 g/mol. The molecule has 0 spiro atoms. The third-order valence-electron chi connectivity index (χ3n) is 4.29. The first kappa shape index (κ1) is 31.4. The van der Waals surface area contributed by atoms with Crippen molar-refractivity contribution in [1.82, 2.24) is 14.5 Å². The van der Waals surface area contributed by atoms with Crippen LogP contribution in [0.5, 0.6) is 0 Å². The maximum atomic E-state index is 14.6. The molecule has 37 heavy (non-hydrogen) atoms. The molecule has 2 aromatic rings. The number of carboxylic acids is 2. The van der Waals surface area contributed by atoms with E-state index in [0.717, 1.165) is 26.1 Å². The molecule has 0 bridgehead atoms. The van der Waals surface area contributed by atoms with Crippen molar-refractivity contribution in [2.75, 3.05) is 6.54 Å². The van der Waals surface area contributed by atoms with E-state index in [1.54, 1.807) is 0 Å². The zero-order chi connectivity index (χ0) is 28.7. The molecule has 10 nitrogen and oxygen atoms in total. The molecular formula is C21H20ClF4N3O7S. The van der Waals surface area contributed by atoms with Gasteiger partial charge in [-0.2, -0.15) is 13.2 Å². The first-order valence-electron chi connectivity index (χ1n) is 9.90. The van der Waals surface area contributed by atoms with Gasteiger partial charge in [0.15, 0.2) is 0 Å². The third-order valence-corrected chi connectivity index (χ3v) is 6.03. The number of aliphatic carboxylic acids is 2. The number of carboxylic acid groups (broad SMARTS) is 2.